The Morgan fingerprint density at radius 1 is 0.975 bits per heavy atom. The van der Waals surface area contributed by atoms with Crippen LogP contribution in [0.5, 0.6) is 17.2 Å². The van der Waals surface area contributed by atoms with Crippen molar-refractivity contribution in [1.82, 2.24) is 10.4 Å². The number of methoxy groups -OCH3 is 2. The quantitative estimate of drug-likeness (QED) is 0.203. The zero-order valence-electron chi connectivity index (χ0n) is 22.3. The van der Waals surface area contributed by atoms with Gasteiger partial charge < -0.3 is 14.2 Å². The molecule has 4 saturated carbocycles. The standard InChI is InChI=1S/C30H30N2O6S2/c1-36-22-6-4-21(5-7-22)26(33)31-32-27(34)25(40-29(32)39)13-17-3-8-23(24(12-17)37-2)38-28(35)30-14-18-9-19(15-30)11-20(10-18)16-30/h3-8,12-13,18-20H,9-11,14-16H2,1-2H3,(H,31,33)/b25-13-. The van der Waals surface area contributed by atoms with Crippen molar-refractivity contribution < 1.29 is 28.6 Å². The molecule has 2 aromatic rings. The normalized spacial score (nSPS) is 27.7. The Hall–Kier alpha value is -3.37. The molecule has 40 heavy (non-hydrogen) atoms. The lowest BCUT2D eigenvalue weighted by Crippen LogP contribution is -2.51. The van der Waals surface area contributed by atoms with Gasteiger partial charge in [-0.3, -0.25) is 19.8 Å². The number of thioether (sulfide) groups is 1. The Bertz CT molecular complexity index is 1380. The number of amides is 2. The van der Waals surface area contributed by atoms with E-state index >= 15 is 0 Å². The third-order valence-electron chi connectivity index (χ3n) is 8.52. The summed E-state index contributed by atoms with van der Waals surface area (Å²) in [6, 6.07) is 11.7. The summed E-state index contributed by atoms with van der Waals surface area (Å²) in [5.74, 6) is 2.28. The summed E-state index contributed by atoms with van der Waals surface area (Å²) in [7, 11) is 3.07. The van der Waals surface area contributed by atoms with Crippen LogP contribution in [0.15, 0.2) is 47.4 Å². The third-order valence-corrected chi connectivity index (χ3v) is 9.82. The van der Waals surface area contributed by atoms with Crippen LogP contribution in [0.2, 0.25) is 0 Å². The van der Waals surface area contributed by atoms with Crippen molar-refractivity contribution in [3.63, 3.8) is 0 Å². The summed E-state index contributed by atoms with van der Waals surface area (Å²) in [4.78, 5) is 39.5. The molecule has 10 heteroatoms. The predicted molar refractivity (Wildman–Crippen MR) is 155 cm³/mol. The highest BCUT2D eigenvalue weighted by Gasteiger charge is 2.55. The third kappa shape index (κ3) is 4.99. The SMILES string of the molecule is COc1ccc(C(=O)NN2C(=O)/C(=C/c3ccc(OC(=O)C45CC6CC(CC(C6)C4)C5)c(OC)c3)SC2=S)cc1. The molecule has 0 unspecified atom stereocenters. The number of ether oxygens (including phenoxy) is 3. The minimum absolute atomic E-state index is 0.147. The van der Waals surface area contributed by atoms with Crippen molar-refractivity contribution in [2.75, 3.05) is 14.2 Å². The first-order chi connectivity index (χ1) is 19.3. The maximum atomic E-state index is 13.4. The van der Waals surface area contributed by atoms with E-state index in [1.807, 2.05) is 0 Å². The molecule has 1 saturated heterocycles. The molecule has 7 rings (SSSR count). The van der Waals surface area contributed by atoms with Crippen LogP contribution in [0.25, 0.3) is 6.08 Å². The molecule has 8 nitrogen and oxygen atoms in total. The molecule has 4 aliphatic carbocycles. The highest BCUT2D eigenvalue weighted by Crippen LogP contribution is 2.60. The van der Waals surface area contributed by atoms with Crippen molar-refractivity contribution in [2.24, 2.45) is 23.2 Å². The fraction of sp³-hybridized carbons (Fsp3) is 0.400. The van der Waals surface area contributed by atoms with Crippen molar-refractivity contribution in [3.05, 3.63) is 58.5 Å². The Morgan fingerprint density at radius 2 is 1.62 bits per heavy atom. The van der Waals surface area contributed by atoms with Crippen LogP contribution in [0.3, 0.4) is 0 Å². The van der Waals surface area contributed by atoms with Crippen LogP contribution in [-0.4, -0.2) is 41.3 Å². The average molecular weight is 579 g/mol. The van der Waals surface area contributed by atoms with E-state index in [2.05, 4.69) is 5.43 Å². The summed E-state index contributed by atoms with van der Waals surface area (Å²) in [5.41, 5.74) is 3.24. The van der Waals surface area contributed by atoms with Crippen LogP contribution < -0.4 is 19.6 Å². The maximum absolute atomic E-state index is 13.4. The lowest BCUT2D eigenvalue weighted by atomic mass is 9.49. The highest BCUT2D eigenvalue weighted by atomic mass is 32.2. The predicted octanol–water partition coefficient (Wildman–Crippen LogP) is 5.37. The second-order valence-electron chi connectivity index (χ2n) is 11.2. The fourth-order valence-corrected chi connectivity index (χ4v) is 8.23. The van der Waals surface area contributed by atoms with Gasteiger partial charge in [0, 0.05) is 5.56 Å². The smallest absolute Gasteiger partial charge is 0.317 e. The average Bonchev–Trinajstić information content (AvgIpc) is 3.20. The Morgan fingerprint density at radius 3 is 2.23 bits per heavy atom. The van der Waals surface area contributed by atoms with Gasteiger partial charge in [0.2, 0.25) is 0 Å². The maximum Gasteiger partial charge on any atom is 0.317 e. The van der Waals surface area contributed by atoms with Gasteiger partial charge in [-0.2, -0.15) is 5.01 Å². The van der Waals surface area contributed by atoms with Crippen molar-refractivity contribution >= 4 is 52.2 Å². The molecule has 0 spiro atoms. The topological polar surface area (TPSA) is 94.2 Å². The van der Waals surface area contributed by atoms with Gasteiger partial charge in [-0.1, -0.05) is 17.8 Å². The Kier molecular flexibility index (Phi) is 7.08. The second kappa shape index (κ2) is 10.6. The molecule has 5 aliphatic rings. The molecule has 0 radical (unpaired) electrons. The number of hydrazine groups is 1. The van der Waals surface area contributed by atoms with E-state index < -0.39 is 11.8 Å². The number of nitrogens with one attached hydrogen (secondary N) is 1. The van der Waals surface area contributed by atoms with Gasteiger partial charge in [0.25, 0.3) is 11.8 Å². The van der Waals surface area contributed by atoms with Crippen LogP contribution in [0.1, 0.15) is 54.4 Å². The Labute approximate surface area is 242 Å². The molecule has 2 aromatic carbocycles. The molecule has 1 heterocycles. The van der Waals surface area contributed by atoms with E-state index in [1.54, 1.807) is 55.7 Å². The number of nitrogens with zero attached hydrogens (tertiary/aromatic N) is 1. The highest BCUT2D eigenvalue weighted by molar-refractivity contribution is 8.26. The summed E-state index contributed by atoms with van der Waals surface area (Å²) in [6.45, 7) is 0. The van der Waals surface area contributed by atoms with Gasteiger partial charge >= 0.3 is 5.97 Å². The zero-order chi connectivity index (χ0) is 28.0. The molecule has 0 atom stereocenters. The van der Waals surface area contributed by atoms with E-state index in [0.29, 0.717) is 51.0 Å². The molecular formula is C30H30N2O6S2. The number of benzene rings is 2. The van der Waals surface area contributed by atoms with E-state index in [9.17, 15) is 14.4 Å². The van der Waals surface area contributed by atoms with Gasteiger partial charge in [-0.05, 0) is 117 Å². The van der Waals surface area contributed by atoms with Gasteiger partial charge in [0.15, 0.2) is 15.8 Å². The van der Waals surface area contributed by atoms with Gasteiger partial charge in [0.05, 0.1) is 24.5 Å². The Balaban J connectivity index is 1.15. The summed E-state index contributed by atoms with van der Waals surface area (Å²) in [6.07, 6.45) is 8.21. The van der Waals surface area contributed by atoms with Crippen LogP contribution in [0, 0.1) is 23.2 Å². The van der Waals surface area contributed by atoms with E-state index in [4.69, 9.17) is 26.4 Å². The molecule has 208 valence electrons. The number of carbonyl (C=O) groups excluding carboxylic acids is 3. The van der Waals surface area contributed by atoms with Crippen molar-refractivity contribution in [1.29, 1.82) is 0 Å². The fourth-order valence-electron chi connectivity index (χ4n) is 7.05. The van der Waals surface area contributed by atoms with E-state index in [-0.39, 0.29) is 15.7 Å². The minimum atomic E-state index is -0.466. The molecular weight excluding hydrogens is 548 g/mol. The number of hydrogen-bond donors (Lipinski definition) is 1. The number of carbonyl (C=O) groups is 3. The molecule has 5 fully saturated rings. The lowest BCUT2D eigenvalue weighted by Gasteiger charge is -2.55. The molecule has 2 amide bonds. The largest absolute Gasteiger partial charge is 0.497 e. The number of esters is 1. The first-order valence-electron chi connectivity index (χ1n) is 13.4. The molecule has 1 aliphatic heterocycles. The van der Waals surface area contributed by atoms with Crippen LogP contribution in [-0.2, 0) is 9.59 Å². The molecule has 4 bridgehead atoms. The second-order valence-corrected chi connectivity index (χ2v) is 12.9. The van der Waals surface area contributed by atoms with Crippen LogP contribution >= 0.6 is 24.0 Å². The van der Waals surface area contributed by atoms with Crippen LogP contribution in [0.4, 0.5) is 0 Å². The van der Waals surface area contributed by atoms with Crippen molar-refractivity contribution in [2.45, 2.75) is 38.5 Å². The zero-order valence-corrected chi connectivity index (χ0v) is 23.9. The number of hydrogen-bond acceptors (Lipinski definition) is 8. The molecule has 0 aromatic heterocycles. The summed E-state index contributed by atoms with van der Waals surface area (Å²) < 4.78 is 16.8. The van der Waals surface area contributed by atoms with Gasteiger partial charge in [0.1, 0.15) is 5.75 Å². The van der Waals surface area contributed by atoms with Gasteiger partial charge in [-0.15, -0.1) is 0 Å². The summed E-state index contributed by atoms with van der Waals surface area (Å²) in [5, 5.41) is 1.07. The number of thiocarbonyl (C=S) groups is 1. The molecule has 1 N–H and O–H groups in total. The number of rotatable bonds is 7. The lowest BCUT2D eigenvalue weighted by molar-refractivity contribution is -0.161. The van der Waals surface area contributed by atoms with Gasteiger partial charge in [-0.25, -0.2) is 0 Å². The first kappa shape index (κ1) is 26.8. The minimum Gasteiger partial charge on any atom is -0.497 e. The van der Waals surface area contributed by atoms with E-state index in [1.165, 1.54) is 26.4 Å². The monoisotopic (exact) mass is 578 g/mol. The van der Waals surface area contributed by atoms with Crippen molar-refractivity contribution in [3.8, 4) is 17.2 Å². The summed E-state index contributed by atoms with van der Waals surface area (Å²) >= 11 is 6.44. The van der Waals surface area contributed by atoms with E-state index in [0.717, 1.165) is 36.0 Å². The first-order valence-corrected chi connectivity index (χ1v) is 14.6.